The minimum atomic E-state index is -0.276. The molecule has 0 amide bonds. The molecular formula is C10H18O. The molecule has 0 heterocycles. The van der Waals surface area contributed by atoms with Gasteiger partial charge >= 0.3 is 0 Å². The molecule has 0 saturated heterocycles. The van der Waals surface area contributed by atoms with Gasteiger partial charge in [-0.1, -0.05) is 24.6 Å². The van der Waals surface area contributed by atoms with E-state index < -0.39 is 0 Å². The molecule has 0 rings (SSSR count). The van der Waals surface area contributed by atoms with Crippen molar-refractivity contribution in [1.29, 1.82) is 0 Å². The van der Waals surface area contributed by atoms with Gasteiger partial charge in [0, 0.05) is 5.92 Å². The zero-order valence-corrected chi connectivity index (χ0v) is 7.67. The van der Waals surface area contributed by atoms with E-state index in [2.05, 4.69) is 12.7 Å². The lowest BCUT2D eigenvalue weighted by molar-refractivity contribution is 0.140. The quantitative estimate of drug-likeness (QED) is 0.617. The molecular weight excluding hydrogens is 136 g/mol. The molecule has 11 heavy (non-hydrogen) atoms. The van der Waals surface area contributed by atoms with Gasteiger partial charge in [-0.15, -0.1) is 6.58 Å². The Morgan fingerprint density at radius 1 is 1.55 bits per heavy atom. The third-order valence-electron chi connectivity index (χ3n) is 1.61. The van der Waals surface area contributed by atoms with Crippen molar-refractivity contribution < 1.29 is 5.11 Å². The van der Waals surface area contributed by atoms with Gasteiger partial charge in [0.25, 0.3) is 0 Å². The van der Waals surface area contributed by atoms with E-state index in [9.17, 15) is 5.11 Å². The fraction of sp³-hybridized carbons (Fsp3) is 0.600. The Labute approximate surface area is 69.4 Å². The van der Waals surface area contributed by atoms with Gasteiger partial charge < -0.3 is 5.11 Å². The number of hydrogen-bond acceptors (Lipinski definition) is 1. The molecule has 0 aromatic carbocycles. The normalized spacial score (nSPS) is 15.3. The van der Waals surface area contributed by atoms with Gasteiger partial charge in [0.15, 0.2) is 0 Å². The predicted molar refractivity (Wildman–Crippen MR) is 49.4 cm³/mol. The molecule has 0 aromatic rings. The standard InChI is InChI=1S/C10H18O/c1-5-6-10(11)9(4)7-8(2)3/h5,7,9-11H,1,6H2,2-4H3/t9-,10-/m1/s1. The first-order valence-corrected chi connectivity index (χ1v) is 4.02. The summed E-state index contributed by atoms with van der Waals surface area (Å²) >= 11 is 0. The maximum Gasteiger partial charge on any atom is 0.0634 e. The van der Waals surface area contributed by atoms with E-state index in [0.717, 1.165) is 0 Å². The van der Waals surface area contributed by atoms with E-state index in [0.29, 0.717) is 6.42 Å². The van der Waals surface area contributed by atoms with Crippen LogP contribution in [0.3, 0.4) is 0 Å². The number of allylic oxidation sites excluding steroid dienone is 1. The second kappa shape index (κ2) is 5.14. The summed E-state index contributed by atoms with van der Waals surface area (Å²) in [5.41, 5.74) is 1.25. The third kappa shape index (κ3) is 4.79. The molecule has 0 spiro atoms. The lowest BCUT2D eigenvalue weighted by Crippen LogP contribution is -2.14. The Morgan fingerprint density at radius 3 is 2.45 bits per heavy atom. The highest BCUT2D eigenvalue weighted by molar-refractivity contribution is 4.98. The van der Waals surface area contributed by atoms with Crippen molar-refractivity contribution in [3.8, 4) is 0 Å². The molecule has 0 saturated carbocycles. The Bertz CT molecular complexity index is 143. The minimum absolute atomic E-state index is 0.234. The summed E-state index contributed by atoms with van der Waals surface area (Å²) in [4.78, 5) is 0. The molecule has 2 atom stereocenters. The van der Waals surface area contributed by atoms with E-state index in [1.807, 2.05) is 20.8 Å². The number of aliphatic hydroxyl groups excluding tert-OH is 1. The molecule has 0 unspecified atom stereocenters. The lowest BCUT2D eigenvalue weighted by atomic mass is 10.00. The van der Waals surface area contributed by atoms with Crippen molar-refractivity contribution in [1.82, 2.24) is 0 Å². The van der Waals surface area contributed by atoms with E-state index in [1.54, 1.807) is 6.08 Å². The molecule has 0 fully saturated rings. The summed E-state index contributed by atoms with van der Waals surface area (Å²) in [6.07, 6.45) is 4.22. The van der Waals surface area contributed by atoms with Gasteiger partial charge in [0.2, 0.25) is 0 Å². The van der Waals surface area contributed by atoms with Crippen LogP contribution in [0.5, 0.6) is 0 Å². The van der Waals surface area contributed by atoms with Gasteiger partial charge in [-0.2, -0.15) is 0 Å². The van der Waals surface area contributed by atoms with Crippen LogP contribution in [0.15, 0.2) is 24.3 Å². The second-order valence-electron chi connectivity index (χ2n) is 3.19. The molecule has 0 aliphatic heterocycles. The van der Waals surface area contributed by atoms with Crippen LogP contribution in [-0.2, 0) is 0 Å². The fourth-order valence-corrected chi connectivity index (χ4v) is 1.02. The molecule has 0 aliphatic rings. The average molecular weight is 154 g/mol. The first-order valence-electron chi connectivity index (χ1n) is 4.02. The molecule has 64 valence electrons. The van der Waals surface area contributed by atoms with Crippen molar-refractivity contribution in [3.63, 3.8) is 0 Å². The first kappa shape index (κ1) is 10.4. The van der Waals surface area contributed by atoms with Gasteiger partial charge in [0.05, 0.1) is 6.10 Å². The molecule has 0 bridgehead atoms. The smallest absolute Gasteiger partial charge is 0.0634 e. The van der Waals surface area contributed by atoms with Crippen LogP contribution in [0, 0.1) is 5.92 Å². The summed E-state index contributed by atoms with van der Waals surface area (Å²) < 4.78 is 0. The Morgan fingerprint density at radius 2 is 2.09 bits per heavy atom. The summed E-state index contributed by atoms with van der Waals surface area (Å²) in [6, 6.07) is 0. The maximum absolute atomic E-state index is 9.45. The average Bonchev–Trinajstić information content (AvgIpc) is 1.86. The fourth-order valence-electron chi connectivity index (χ4n) is 1.02. The molecule has 0 aromatic heterocycles. The zero-order chi connectivity index (χ0) is 8.85. The van der Waals surface area contributed by atoms with Gasteiger partial charge in [-0.3, -0.25) is 0 Å². The maximum atomic E-state index is 9.45. The topological polar surface area (TPSA) is 20.2 Å². The Hall–Kier alpha value is -0.560. The Kier molecular flexibility index (Phi) is 4.88. The highest BCUT2D eigenvalue weighted by Gasteiger charge is 2.08. The summed E-state index contributed by atoms with van der Waals surface area (Å²) in [6.45, 7) is 9.67. The molecule has 1 N–H and O–H groups in total. The summed E-state index contributed by atoms with van der Waals surface area (Å²) in [5.74, 6) is 0.234. The van der Waals surface area contributed by atoms with Gasteiger partial charge in [-0.05, 0) is 20.3 Å². The highest BCUT2D eigenvalue weighted by atomic mass is 16.3. The van der Waals surface area contributed by atoms with Crippen LogP contribution in [0.2, 0.25) is 0 Å². The van der Waals surface area contributed by atoms with Gasteiger partial charge in [0.1, 0.15) is 0 Å². The number of hydrogen-bond donors (Lipinski definition) is 1. The van der Waals surface area contributed by atoms with Crippen molar-refractivity contribution in [3.05, 3.63) is 24.3 Å². The number of aliphatic hydroxyl groups is 1. The van der Waals surface area contributed by atoms with E-state index in [4.69, 9.17) is 0 Å². The lowest BCUT2D eigenvalue weighted by Gasteiger charge is -2.13. The van der Waals surface area contributed by atoms with E-state index in [-0.39, 0.29) is 12.0 Å². The monoisotopic (exact) mass is 154 g/mol. The van der Waals surface area contributed by atoms with Crippen LogP contribution < -0.4 is 0 Å². The van der Waals surface area contributed by atoms with Crippen LogP contribution in [-0.4, -0.2) is 11.2 Å². The Balaban J connectivity index is 3.91. The largest absolute Gasteiger partial charge is 0.392 e. The van der Waals surface area contributed by atoms with E-state index in [1.165, 1.54) is 5.57 Å². The predicted octanol–water partition coefficient (Wildman–Crippen LogP) is 2.53. The van der Waals surface area contributed by atoms with Crippen molar-refractivity contribution in [2.75, 3.05) is 0 Å². The third-order valence-corrected chi connectivity index (χ3v) is 1.61. The summed E-state index contributed by atoms with van der Waals surface area (Å²) in [7, 11) is 0. The molecule has 0 aliphatic carbocycles. The molecule has 1 nitrogen and oxygen atoms in total. The summed E-state index contributed by atoms with van der Waals surface area (Å²) in [5, 5.41) is 9.45. The van der Waals surface area contributed by atoms with Crippen LogP contribution in [0.4, 0.5) is 0 Å². The first-order chi connectivity index (χ1) is 5.07. The van der Waals surface area contributed by atoms with Crippen LogP contribution in [0.25, 0.3) is 0 Å². The SMILES string of the molecule is C=CC[C@@H](O)[C@H](C)C=C(C)C. The van der Waals surface area contributed by atoms with Crippen molar-refractivity contribution in [2.24, 2.45) is 5.92 Å². The van der Waals surface area contributed by atoms with Crippen molar-refractivity contribution >= 4 is 0 Å². The second-order valence-corrected chi connectivity index (χ2v) is 3.19. The number of rotatable bonds is 4. The minimum Gasteiger partial charge on any atom is -0.392 e. The van der Waals surface area contributed by atoms with Crippen LogP contribution in [0.1, 0.15) is 27.2 Å². The van der Waals surface area contributed by atoms with Crippen molar-refractivity contribution in [2.45, 2.75) is 33.3 Å². The van der Waals surface area contributed by atoms with Gasteiger partial charge in [-0.25, -0.2) is 0 Å². The van der Waals surface area contributed by atoms with Crippen LogP contribution >= 0.6 is 0 Å². The van der Waals surface area contributed by atoms with E-state index >= 15 is 0 Å². The molecule has 0 radical (unpaired) electrons. The zero-order valence-electron chi connectivity index (χ0n) is 7.67. The molecule has 1 heteroatoms. The highest BCUT2D eigenvalue weighted by Crippen LogP contribution is 2.10.